The standard InChI is InChI=1S/C27H28N6O3/c1-19-9-10-24(36-19)27-29-23(22-8-3-4-11-28-22)17-25(31-27)30-26(34)18-32-12-14-33(15-13-32)20-6-5-7-21(16-20)35-2/h3-11,16-17H,12-15,18H2,1-2H3,(H,29,30,31,34). The van der Waals surface area contributed by atoms with Gasteiger partial charge in [-0.25, -0.2) is 9.97 Å². The van der Waals surface area contributed by atoms with Crippen molar-refractivity contribution >= 4 is 17.4 Å². The Morgan fingerprint density at radius 2 is 1.86 bits per heavy atom. The zero-order valence-corrected chi connectivity index (χ0v) is 20.3. The van der Waals surface area contributed by atoms with Crippen molar-refractivity contribution in [1.29, 1.82) is 0 Å². The molecule has 5 rings (SSSR count). The van der Waals surface area contributed by atoms with Gasteiger partial charge in [0.05, 0.1) is 25.0 Å². The number of hydrogen-bond donors (Lipinski definition) is 1. The van der Waals surface area contributed by atoms with Crippen molar-refractivity contribution in [3.63, 3.8) is 0 Å². The van der Waals surface area contributed by atoms with Gasteiger partial charge in [0.1, 0.15) is 17.3 Å². The molecule has 1 aliphatic rings. The fourth-order valence-corrected chi connectivity index (χ4v) is 4.18. The van der Waals surface area contributed by atoms with E-state index in [1.165, 1.54) is 0 Å². The topological polar surface area (TPSA) is 96.6 Å². The first-order valence-corrected chi connectivity index (χ1v) is 11.9. The van der Waals surface area contributed by atoms with Crippen molar-refractivity contribution in [1.82, 2.24) is 19.9 Å². The number of piperazine rings is 1. The molecule has 0 spiro atoms. The SMILES string of the molecule is COc1cccc(N2CCN(CC(=O)Nc3cc(-c4ccccn4)nc(-c4ccc(C)o4)n3)CC2)c1. The van der Waals surface area contributed by atoms with Crippen LogP contribution in [0, 0.1) is 6.92 Å². The molecule has 9 heteroatoms. The van der Waals surface area contributed by atoms with E-state index >= 15 is 0 Å². The van der Waals surface area contributed by atoms with E-state index in [2.05, 4.69) is 36.1 Å². The molecule has 0 atom stereocenters. The molecule has 3 aromatic heterocycles. The Morgan fingerprint density at radius 3 is 2.58 bits per heavy atom. The molecule has 4 aromatic rings. The Kier molecular flexibility index (Phi) is 6.90. The van der Waals surface area contributed by atoms with Gasteiger partial charge in [0.25, 0.3) is 0 Å². The quantitative estimate of drug-likeness (QED) is 0.422. The number of benzene rings is 1. The Balaban J connectivity index is 1.26. The van der Waals surface area contributed by atoms with E-state index in [0.29, 0.717) is 28.8 Å². The van der Waals surface area contributed by atoms with Gasteiger partial charge >= 0.3 is 0 Å². The number of carbonyl (C=O) groups excluding carboxylic acids is 1. The second-order valence-corrected chi connectivity index (χ2v) is 8.60. The third kappa shape index (κ3) is 5.52. The molecule has 0 saturated carbocycles. The molecule has 1 N–H and O–H groups in total. The van der Waals surface area contributed by atoms with E-state index in [4.69, 9.17) is 9.15 Å². The fraction of sp³-hybridized carbons (Fsp3) is 0.259. The van der Waals surface area contributed by atoms with E-state index in [1.54, 1.807) is 19.4 Å². The van der Waals surface area contributed by atoms with Crippen molar-refractivity contribution in [3.8, 4) is 28.7 Å². The third-order valence-corrected chi connectivity index (χ3v) is 6.04. The number of aryl methyl sites for hydroxylation is 1. The van der Waals surface area contributed by atoms with Gasteiger partial charge in [-0.1, -0.05) is 12.1 Å². The summed E-state index contributed by atoms with van der Waals surface area (Å²) in [7, 11) is 1.67. The van der Waals surface area contributed by atoms with Crippen LogP contribution in [0.15, 0.2) is 71.3 Å². The summed E-state index contributed by atoms with van der Waals surface area (Å²) in [5.74, 6) is 2.82. The van der Waals surface area contributed by atoms with Crippen molar-refractivity contribution in [2.75, 3.05) is 50.1 Å². The molecule has 4 heterocycles. The summed E-state index contributed by atoms with van der Waals surface area (Å²) in [4.78, 5) is 30.9. The Morgan fingerprint density at radius 1 is 1.00 bits per heavy atom. The van der Waals surface area contributed by atoms with Crippen molar-refractivity contribution in [3.05, 3.63) is 72.6 Å². The summed E-state index contributed by atoms with van der Waals surface area (Å²) < 4.78 is 11.1. The monoisotopic (exact) mass is 484 g/mol. The first-order valence-electron chi connectivity index (χ1n) is 11.9. The van der Waals surface area contributed by atoms with Crippen LogP contribution in [0.25, 0.3) is 23.0 Å². The molecule has 1 aromatic carbocycles. The largest absolute Gasteiger partial charge is 0.497 e. The minimum atomic E-state index is -0.128. The maximum atomic E-state index is 12.9. The number of anilines is 2. The van der Waals surface area contributed by atoms with Gasteiger partial charge in [0.15, 0.2) is 11.6 Å². The average molecular weight is 485 g/mol. The van der Waals surface area contributed by atoms with Crippen LogP contribution in [0.4, 0.5) is 11.5 Å². The summed E-state index contributed by atoms with van der Waals surface area (Å²) in [5, 5.41) is 2.94. The number of carbonyl (C=O) groups is 1. The minimum Gasteiger partial charge on any atom is -0.497 e. The highest BCUT2D eigenvalue weighted by Gasteiger charge is 2.20. The van der Waals surface area contributed by atoms with Gasteiger partial charge < -0.3 is 19.4 Å². The number of furan rings is 1. The second-order valence-electron chi connectivity index (χ2n) is 8.60. The molecule has 0 radical (unpaired) electrons. The average Bonchev–Trinajstić information content (AvgIpc) is 3.36. The highest BCUT2D eigenvalue weighted by Crippen LogP contribution is 2.25. The fourth-order valence-electron chi connectivity index (χ4n) is 4.18. The first-order chi connectivity index (χ1) is 17.6. The maximum absolute atomic E-state index is 12.9. The number of rotatable bonds is 7. The smallest absolute Gasteiger partial charge is 0.239 e. The molecular weight excluding hydrogens is 456 g/mol. The number of aromatic nitrogens is 3. The molecule has 1 saturated heterocycles. The Bertz CT molecular complexity index is 1330. The molecule has 184 valence electrons. The second kappa shape index (κ2) is 10.6. The first kappa shape index (κ1) is 23.5. The van der Waals surface area contributed by atoms with Crippen molar-refractivity contribution < 1.29 is 13.9 Å². The molecule has 1 amide bonds. The Labute approximate surface area is 209 Å². The molecule has 9 nitrogen and oxygen atoms in total. The van der Waals surface area contributed by atoms with Gasteiger partial charge in [-0.15, -0.1) is 0 Å². The van der Waals surface area contributed by atoms with Crippen LogP contribution in [-0.2, 0) is 4.79 Å². The number of pyridine rings is 1. The molecule has 1 aliphatic heterocycles. The van der Waals surface area contributed by atoms with Gasteiger partial charge in [-0.05, 0) is 43.3 Å². The maximum Gasteiger partial charge on any atom is 0.239 e. The summed E-state index contributed by atoms with van der Waals surface area (Å²) in [6.45, 7) is 5.38. The molecule has 36 heavy (non-hydrogen) atoms. The van der Waals surface area contributed by atoms with Crippen LogP contribution < -0.4 is 15.0 Å². The van der Waals surface area contributed by atoms with E-state index < -0.39 is 0 Å². The molecule has 0 unspecified atom stereocenters. The predicted octanol–water partition coefficient (Wildman–Crippen LogP) is 3.88. The minimum absolute atomic E-state index is 0.128. The van der Waals surface area contributed by atoms with Crippen LogP contribution in [0.3, 0.4) is 0 Å². The van der Waals surface area contributed by atoms with E-state index in [1.807, 2.05) is 55.5 Å². The normalized spacial score (nSPS) is 14.0. The predicted molar refractivity (Wildman–Crippen MR) is 138 cm³/mol. The zero-order valence-electron chi connectivity index (χ0n) is 20.3. The van der Waals surface area contributed by atoms with Gasteiger partial charge in [0, 0.05) is 50.2 Å². The lowest BCUT2D eigenvalue weighted by Gasteiger charge is -2.35. The number of amides is 1. The third-order valence-electron chi connectivity index (χ3n) is 6.04. The number of methoxy groups -OCH3 is 1. The van der Waals surface area contributed by atoms with Gasteiger partial charge in [-0.2, -0.15) is 0 Å². The van der Waals surface area contributed by atoms with E-state index in [-0.39, 0.29) is 12.5 Å². The number of nitrogens with zero attached hydrogens (tertiary/aromatic N) is 5. The lowest BCUT2D eigenvalue weighted by atomic mass is 10.2. The zero-order chi connectivity index (χ0) is 24.9. The lowest BCUT2D eigenvalue weighted by Crippen LogP contribution is -2.48. The molecule has 1 fully saturated rings. The van der Waals surface area contributed by atoms with E-state index in [0.717, 1.165) is 43.4 Å². The van der Waals surface area contributed by atoms with Crippen LogP contribution in [-0.4, -0.2) is 65.6 Å². The number of nitrogens with one attached hydrogen (secondary N) is 1. The lowest BCUT2D eigenvalue weighted by molar-refractivity contribution is -0.117. The van der Waals surface area contributed by atoms with Crippen molar-refractivity contribution in [2.45, 2.75) is 6.92 Å². The van der Waals surface area contributed by atoms with Crippen molar-refractivity contribution in [2.24, 2.45) is 0 Å². The highest BCUT2D eigenvalue weighted by atomic mass is 16.5. The number of ether oxygens (including phenoxy) is 1. The van der Waals surface area contributed by atoms with Crippen LogP contribution >= 0.6 is 0 Å². The molecular formula is C27H28N6O3. The summed E-state index contributed by atoms with van der Waals surface area (Å²) >= 11 is 0. The molecule has 0 aliphatic carbocycles. The number of hydrogen-bond acceptors (Lipinski definition) is 8. The van der Waals surface area contributed by atoms with Crippen LogP contribution in [0.1, 0.15) is 5.76 Å². The summed E-state index contributed by atoms with van der Waals surface area (Å²) in [6, 6.07) is 19.1. The molecule has 0 bridgehead atoms. The highest BCUT2D eigenvalue weighted by molar-refractivity contribution is 5.92. The van der Waals surface area contributed by atoms with E-state index in [9.17, 15) is 4.79 Å². The van der Waals surface area contributed by atoms with Crippen LogP contribution in [0.2, 0.25) is 0 Å². The van der Waals surface area contributed by atoms with Crippen LogP contribution in [0.5, 0.6) is 5.75 Å². The summed E-state index contributed by atoms with van der Waals surface area (Å²) in [5.41, 5.74) is 2.42. The van der Waals surface area contributed by atoms with Gasteiger partial charge in [-0.3, -0.25) is 14.7 Å². The summed E-state index contributed by atoms with van der Waals surface area (Å²) in [6.07, 6.45) is 1.71. The van der Waals surface area contributed by atoms with Gasteiger partial charge in [0.2, 0.25) is 5.91 Å². The Hall–Kier alpha value is -4.24.